The highest BCUT2D eigenvalue weighted by Crippen LogP contribution is 2.18. The van der Waals surface area contributed by atoms with Gasteiger partial charge in [0.15, 0.2) is 0 Å². The molecule has 0 aliphatic carbocycles. The zero-order chi connectivity index (χ0) is 18.2. The predicted molar refractivity (Wildman–Crippen MR) is 91.7 cm³/mol. The third-order valence-corrected chi connectivity index (χ3v) is 4.06. The van der Waals surface area contributed by atoms with Gasteiger partial charge in [0.2, 0.25) is 0 Å². The van der Waals surface area contributed by atoms with Crippen LogP contribution in [0.25, 0.3) is 0 Å². The van der Waals surface area contributed by atoms with Gasteiger partial charge in [0.25, 0.3) is 11.6 Å². The molecule has 1 aliphatic rings. The van der Waals surface area contributed by atoms with Gasteiger partial charge in [-0.1, -0.05) is 6.42 Å². The first-order valence-electron chi connectivity index (χ1n) is 8.48. The maximum absolute atomic E-state index is 12.3. The van der Waals surface area contributed by atoms with Gasteiger partial charge in [-0.3, -0.25) is 14.9 Å². The molecule has 2 rings (SSSR count). The number of nitrogens with one attached hydrogen (secondary N) is 1. The fraction of sp³-hybridized carbons (Fsp3) is 0.529. The van der Waals surface area contributed by atoms with Crippen LogP contribution in [0, 0.1) is 10.1 Å². The molecule has 1 aromatic rings. The minimum Gasteiger partial charge on any atom is -0.462 e. The molecule has 1 fully saturated rings. The molecule has 1 aromatic carbocycles. The number of rotatable bonds is 7. The summed E-state index contributed by atoms with van der Waals surface area (Å²) >= 11 is 0. The molecule has 1 N–H and O–H groups in total. The molecule has 1 aliphatic heterocycles. The van der Waals surface area contributed by atoms with Gasteiger partial charge < -0.3 is 15.0 Å². The van der Waals surface area contributed by atoms with Crippen molar-refractivity contribution in [2.45, 2.75) is 26.2 Å². The number of benzene rings is 1. The molecule has 0 bridgehead atoms. The standard InChI is InChI=1S/C17H23N3O5/c1-2-25-17(22)14-10-13(11-15(12-14)20(23)24)16(21)18-6-9-19-7-4-3-5-8-19/h10-12H,2-9H2,1H3,(H,18,21). The normalized spacial score (nSPS) is 14.8. The zero-order valence-corrected chi connectivity index (χ0v) is 14.3. The largest absolute Gasteiger partial charge is 0.462 e. The van der Waals surface area contributed by atoms with Crippen LogP contribution in [0.5, 0.6) is 0 Å². The van der Waals surface area contributed by atoms with E-state index in [1.807, 2.05) is 0 Å². The van der Waals surface area contributed by atoms with Crippen LogP contribution in [0.1, 0.15) is 46.9 Å². The number of carbonyl (C=O) groups excluding carboxylic acids is 2. The number of non-ortho nitro benzene ring substituents is 1. The molecule has 136 valence electrons. The highest BCUT2D eigenvalue weighted by Gasteiger charge is 2.19. The number of hydrogen-bond acceptors (Lipinski definition) is 6. The van der Waals surface area contributed by atoms with E-state index in [1.165, 1.54) is 31.4 Å². The van der Waals surface area contributed by atoms with Gasteiger partial charge in [-0.15, -0.1) is 0 Å². The Morgan fingerprint density at radius 3 is 2.52 bits per heavy atom. The number of nitro groups is 1. The lowest BCUT2D eigenvalue weighted by Crippen LogP contribution is -2.37. The van der Waals surface area contributed by atoms with E-state index in [4.69, 9.17) is 4.74 Å². The lowest BCUT2D eigenvalue weighted by molar-refractivity contribution is -0.384. The summed E-state index contributed by atoms with van der Waals surface area (Å²) < 4.78 is 4.86. The Hall–Kier alpha value is -2.48. The number of carbonyl (C=O) groups is 2. The van der Waals surface area contributed by atoms with Gasteiger partial charge >= 0.3 is 5.97 Å². The molecule has 1 saturated heterocycles. The van der Waals surface area contributed by atoms with Crippen molar-refractivity contribution in [2.75, 3.05) is 32.8 Å². The summed E-state index contributed by atoms with van der Waals surface area (Å²) in [6, 6.07) is 3.60. The summed E-state index contributed by atoms with van der Waals surface area (Å²) in [5.41, 5.74) is -0.236. The van der Waals surface area contributed by atoms with Crippen molar-refractivity contribution in [2.24, 2.45) is 0 Å². The minimum atomic E-state index is -0.687. The summed E-state index contributed by atoms with van der Waals surface area (Å²) in [5.74, 6) is -1.13. The molecule has 0 unspecified atom stereocenters. The first-order chi connectivity index (χ1) is 12.0. The van der Waals surface area contributed by atoms with Crippen LogP contribution in [-0.2, 0) is 4.74 Å². The number of piperidine rings is 1. The van der Waals surface area contributed by atoms with Crippen LogP contribution in [0.2, 0.25) is 0 Å². The third kappa shape index (κ3) is 5.53. The van der Waals surface area contributed by atoms with E-state index in [9.17, 15) is 19.7 Å². The quantitative estimate of drug-likeness (QED) is 0.459. The van der Waals surface area contributed by atoms with Crippen LogP contribution in [-0.4, -0.2) is 54.5 Å². The zero-order valence-electron chi connectivity index (χ0n) is 14.3. The van der Waals surface area contributed by atoms with E-state index >= 15 is 0 Å². The van der Waals surface area contributed by atoms with E-state index in [2.05, 4.69) is 10.2 Å². The van der Waals surface area contributed by atoms with Crippen molar-refractivity contribution < 1.29 is 19.2 Å². The molecule has 0 radical (unpaired) electrons. The van der Waals surface area contributed by atoms with E-state index < -0.39 is 16.8 Å². The molecule has 0 aromatic heterocycles. The van der Waals surface area contributed by atoms with Gasteiger partial charge in [0.1, 0.15) is 0 Å². The second-order valence-corrected chi connectivity index (χ2v) is 5.90. The van der Waals surface area contributed by atoms with Crippen molar-refractivity contribution in [3.05, 3.63) is 39.4 Å². The van der Waals surface area contributed by atoms with E-state index in [1.54, 1.807) is 6.92 Å². The van der Waals surface area contributed by atoms with Crippen LogP contribution in [0.15, 0.2) is 18.2 Å². The summed E-state index contributed by atoms with van der Waals surface area (Å²) in [6.45, 7) is 5.05. The van der Waals surface area contributed by atoms with Crippen LogP contribution in [0.3, 0.4) is 0 Å². The van der Waals surface area contributed by atoms with Crippen molar-refractivity contribution >= 4 is 17.6 Å². The minimum absolute atomic E-state index is 0.00256. The number of hydrogen-bond donors (Lipinski definition) is 1. The fourth-order valence-corrected chi connectivity index (χ4v) is 2.79. The highest BCUT2D eigenvalue weighted by atomic mass is 16.6. The second kappa shape index (κ2) is 9.12. The molecule has 25 heavy (non-hydrogen) atoms. The molecule has 0 saturated carbocycles. The average Bonchev–Trinajstić information content (AvgIpc) is 2.62. The number of likely N-dealkylation sites (tertiary alicyclic amines) is 1. The van der Waals surface area contributed by atoms with Crippen LogP contribution < -0.4 is 5.32 Å². The van der Waals surface area contributed by atoms with Crippen LogP contribution >= 0.6 is 0 Å². The van der Waals surface area contributed by atoms with E-state index in [0.29, 0.717) is 6.54 Å². The van der Waals surface area contributed by atoms with Gasteiger partial charge in [-0.05, 0) is 38.9 Å². The number of amides is 1. The molecule has 8 nitrogen and oxygen atoms in total. The number of nitrogens with zero attached hydrogens (tertiary/aromatic N) is 2. The molecule has 0 spiro atoms. The second-order valence-electron chi connectivity index (χ2n) is 5.90. The summed E-state index contributed by atoms with van der Waals surface area (Å²) in [5, 5.41) is 13.8. The van der Waals surface area contributed by atoms with Gasteiger partial charge in [-0.25, -0.2) is 4.79 Å². The van der Waals surface area contributed by atoms with Gasteiger partial charge in [0, 0.05) is 30.8 Å². The maximum Gasteiger partial charge on any atom is 0.338 e. The van der Waals surface area contributed by atoms with Gasteiger partial charge in [0.05, 0.1) is 17.1 Å². The molecule has 8 heteroatoms. The molecule has 1 heterocycles. The Morgan fingerprint density at radius 2 is 1.88 bits per heavy atom. The molecule has 0 atom stereocenters. The summed E-state index contributed by atoms with van der Waals surface area (Å²) in [4.78, 5) is 36.8. The fourth-order valence-electron chi connectivity index (χ4n) is 2.79. The smallest absolute Gasteiger partial charge is 0.338 e. The average molecular weight is 349 g/mol. The Kier molecular flexibility index (Phi) is 6.88. The Balaban J connectivity index is 2.03. The first kappa shape index (κ1) is 18.9. The Labute approximate surface area is 146 Å². The molecule has 1 amide bonds. The van der Waals surface area contributed by atoms with Gasteiger partial charge in [-0.2, -0.15) is 0 Å². The van der Waals surface area contributed by atoms with Crippen molar-refractivity contribution in [3.63, 3.8) is 0 Å². The number of esters is 1. The van der Waals surface area contributed by atoms with Crippen LogP contribution in [0.4, 0.5) is 5.69 Å². The Bertz CT molecular complexity index is 641. The monoisotopic (exact) mass is 349 g/mol. The molecular formula is C17H23N3O5. The topological polar surface area (TPSA) is 102 Å². The first-order valence-corrected chi connectivity index (χ1v) is 8.48. The lowest BCUT2D eigenvalue weighted by atomic mass is 10.1. The van der Waals surface area contributed by atoms with Crippen molar-refractivity contribution in [3.8, 4) is 0 Å². The Morgan fingerprint density at radius 1 is 1.20 bits per heavy atom. The third-order valence-electron chi connectivity index (χ3n) is 4.06. The summed E-state index contributed by atoms with van der Waals surface area (Å²) in [6.07, 6.45) is 3.58. The lowest BCUT2D eigenvalue weighted by Gasteiger charge is -2.26. The van der Waals surface area contributed by atoms with E-state index in [-0.39, 0.29) is 23.4 Å². The van der Waals surface area contributed by atoms with Crippen molar-refractivity contribution in [1.82, 2.24) is 10.2 Å². The SMILES string of the molecule is CCOC(=O)c1cc(C(=O)NCCN2CCCCC2)cc([N+](=O)[O-])c1. The maximum atomic E-state index is 12.3. The molecular weight excluding hydrogens is 326 g/mol. The number of nitro benzene ring substituents is 1. The highest BCUT2D eigenvalue weighted by molar-refractivity contribution is 5.99. The van der Waals surface area contributed by atoms with Crippen molar-refractivity contribution in [1.29, 1.82) is 0 Å². The summed E-state index contributed by atoms with van der Waals surface area (Å²) in [7, 11) is 0. The van der Waals surface area contributed by atoms with E-state index in [0.717, 1.165) is 25.7 Å². The predicted octanol–water partition coefficient (Wildman–Crippen LogP) is 1.99. The number of ether oxygens (including phenoxy) is 1.